The van der Waals surface area contributed by atoms with Gasteiger partial charge in [-0.1, -0.05) is 19.4 Å². The van der Waals surface area contributed by atoms with Gasteiger partial charge in [0.05, 0.1) is 57.3 Å². The Kier molecular flexibility index (Phi) is 9.13. The van der Waals surface area contributed by atoms with E-state index in [1.807, 2.05) is 18.2 Å². The van der Waals surface area contributed by atoms with E-state index < -0.39 is 12.0 Å². The SMILES string of the molecule is CC[C@H]1CN2CCc3c([nH]c4cc([C@H]5[C@@H]6CC[C@H](O)[C@H](C(=O)OC)[C@H]6C[C@@H]6c7[nH]c8cccc(O)c8c7CCN65)cc(O)c34)[C@@H]2C[C@@H]1/C(=C\OC)C(=O)OC. The van der Waals surface area contributed by atoms with Crippen molar-refractivity contribution in [3.63, 3.8) is 0 Å². The zero-order valence-electron chi connectivity index (χ0n) is 32.0. The van der Waals surface area contributed by atoms with Gasteiger partial charge >= 0.3 is 11.9 Å². The van der Waals surface area contributed by atoms with E-state index in [2.05, 4.69) is 32.8 Å². The highest BCUT2D eigenvalue weighted by molar-refractivity contribution is 5.92. The number of carbonyl (C=O) groups excluding carboxylic acids is 2. The summed E-state index contributed by atoms with van der Waals surface area (Å²) in [5, 5.41) is 35.9. The van der Waals surface area contributed by atoms with Crippen LogP contribution >= 0.6 is 0 Å². The van der Waals surface area contributed by atoms with E-state index in [0.29, 0.717) is 18.4 Å². The Bertz CT molecular complexity index is 2190. The van der Waals surface area contributed by atoms with Gasteiger partial charge < -0.3 is 39.5 Å². The summed E-state index contributed by atoms with van der Waals surface area (Å²) in [4.78, 5) is 38.9. The van der Waals surface area contributed by atoms with E-state index in [9.17, 15) is 24.9 Å². The molecular formula is C43H52N4O8. The van der Waals surface area contributed by atoms with Gasteiger partial charge in [0.25, 0.3) is 0 Å². The number of esters is 2. The average molecular weight is 753 g/mol. The minimum atomic E-state index is -0.797. The second-order valence-electron chi connectivity index (χ2n) is 16.5. The fourth-order valence-corrected chi connectivity index (χ4v) is 11.8. The Morgan fingerprint density at radius 3 is 2.38 bits per heavy atom. The Labute approximate surface area is 320 Å². The average Bonchev–Trinajstić information content (AvgIpc) is 3.78. The van der Waals surface area contributed by atoms with Crippen LogP contribution in [0.25, 0.3) is 21.8 Å². The number of phenolic OH excluding ortho intramolecular Hbond substituents is 2. The van der Waals surface area contributed by atoms with Crippen LogP contribution in [0.15, 0.2) is 42.2 Å². The molecule has 4 aromatic rings. The first-order valence-electron chi connectivity index (χ1n) is 19.9. The number of benzene rings is 2. The van der Waals surface area contributed by atoms with Crippen LogP contribution in [0.5, 0.6) is 11.5 Å². The van der Waals surface area contributed by atoms with E-state index >= 15 is 0 Å². The zero-order valence-corrected chi connectivity index (χ0v) is 32.0. The number of fused-ring (bicyclic) bond motifs is 11. The number of phenols is 2. The highest BCUT2D eigenvalue weighted by Gasteiger charge is 2.54. The van der Waals surface area contributed by atoms with Gasteiger partial charge in [-0.15, -0.1) is 0 Å². The van der Waals surface area contributed by atoms with Crippen LogP contribution in [-0.2, 0) is 36.6 Å². The maximum absolute atomic E-state index is 13.4. The molecule has 2 saturated heterocycles. The van der Waals surface area contributed by atoms with Crippen LogP contribution in [-0.4, -0.2) is 94.1 Å². The van der Waals surface area contributed by atoms with E-state index in [4.69, 9.17) is 14.2 Å². The van der Waals surface area contributed by atoms with Crippen molar-refractivity contribution in [1.82, 2.24) is 19.8 Å². The van der Waals surface area contributed by atoms with Gasteiger partial charge in [-0.2, -0.15) is 0 Å². The number of nitrogens with zero attached hydrogens (tertiary/aromatic N) is 2. The predicted octanol–water partition coefficient (Wildman–Crippen LogP) is 5.93. The molecule has 6 heterocycles. The van der Waals surface area contributed by atoms with Crippen molar-refractivity contribution in [3.05, 3.63) is 70.2 Å². The summed E-state index contributed by atoms with van der Waals surface area (Å²) >= 11 is 0. The normalized spacial score (nSPS) is 30.9. The molecule has 1 saturated carbocycles. The highest BCUT2D eigenvalue weighted by atomic mass is 16.5. The summed E-state index contributed by atoms with van der Waals surface area (Å²) < 4.78 is 15.9. The second kappa shape index (κ2) is 13.9. The molecule has 0 unspecified atom stereocenters. The van der Waals surface area contributed by atoms with Gasteiger partial charge in [0, 0.05) is 58.9 Å². The van der Waals surface area contributed by atoms with Crippen molar-refractivity contribution >= 4 is 33.7 Å². The number of ether oxygens (including phenoxy) is 3. The number of aliphatic hydroxyl groups is 1. The van der Waals surface area contributed by atoms with Crippen molar-refractivity contribution in [2.24, 2.45) is 29.6 Å². The van der Waals surface area contributed by atoms with Gasteiger partial charge in [0.1, 0.15) is 11.5 Å². The smallest absolute Gasteiger partial charge is 0.337 e. The molecule has 3 fully saturated rings. The molecule has 55 heavy (non-hydrogen) atoms. The van der Waals surface area contributed by atoms with E-state index in [1.165, 1.54) is 14.2 Å². The van der Waals surface area contributed by atoms with Crippen molar-refractivity contribution in [2.75, 3.05) is 41.0 Å². The molecule has 292 valence electrons. The number of methoxy groups -OCH3 is 3. The molecule has 12 heteroatoms. The van der Waals surface area contributed by atoms with Crippen molar-refractivity contribution in [2.45, 2.75) is 76.1 Å². The quantitative estimate of drug-likeness (QED) is 0.0908. The fraction of sp³-hybridized carbons (Fsp3) is 0.535. The largest absolute Gasteiger partial charge is 0.507 e. The Balaban J connectivity index is 1.14. The van der Waals surface area contributed by atoms with Crippen LogP contribution in [0.1, 0.15) is 85.2 Å². The molecule has 1 aliphatic carbocycles. The molecule has 0 radical (unpaired) electrons. The number of carbonyl (C=O) groups is 2. The second-order valence-corrected chi connectivity index (χ2v) is 16.5. The molecule has 9 atom stereocenters. The summed E-state index contributed by atoms with van der Waals surface area (Å²) in [5.41, 5.74) is 7.65. The number of piperidine rings is 2. The number of aromatic hydroxyl groups is 2. The molecule has 9 rings (SSSR count). The molecule has 0 bridgehead atoms. The van der Waals surface area contributed by atoms with Crippen molar-refractivity contribution < 1.29 is 39.1 Å². The third-order valence-electron chi connectivity index (χ3n) is 14.2. The molecule has 5 aliphatic rings. The third kappa shape index (κ3) is 5.57. The summed E-state index contributed by atoms with van der Waals surface area (Å²) in [6.45, 7) is 4.62. The zero-order chi connectivity index (χ0) is 38.3. The van der Waals surface area contributed by atoms with Gasteiger partial charge in [0.15, 0.2) is 0 Å². The van der Waals surface area contributed by atoms with Crippen LogP contribution in [0, 0.1) is 29.6 Å². The molecule has 2 aromatic carbocycles. The van der Waals surface area contributed by atoms with Crippen LogP contribution in [0.3, 0.4) is 0 Å². The molecule has 2 aromatic heterocycles. The maximum atomic E-state index is 13.4. The van der Waals surface area contributed by atoms with Crippen LogP contribution < -0.4 is 0 Å². The lowest BCUT2D eigenvalue weighted by Crippen LogP contribution is -2.54. The number of H-pyrrole nitrogens is 2. The lowest BCUT2D eigenvalue weighted by atomic mass is 9.61. The van der Waals surface area contributed by atoms with Crippen molar-refractivity contribution in [3.8, 4) is 11.5 Å². The number of nitrogens with one attached hydrogen (secondary N) is 2. The molecule has 4 aliphatic heterocycles. The predicted molar refractivity (Wildman–Crippen MR) is 205 cm³/mol. The third-order valence-corrected chi connectivity index (χ3v) is 14.2. The lowest BCUT2D eigenvalue weighted by Gasteiger charge is -2.55. The first-order chi connectivity index (χ1) is 26.7. The van der Waals surface area contributed by atoms with Gasteiger partial charge in [0.2, 0.25) is 0 Å². The van der Waals surface area contributed by atoms with E-state index in [0.717, 1.165) is 102 Å². The summed E-state index contributed by atoms with van der Waals surface area (Å²) in [5.74, 6) is -0.821. The molecule has 0 amide bonds. The molecular weight excluding hydrogens is 700 g/mol. The highest BCUT2D eigenvalue weighted by Crippen LogP contribution is 2.58. The maximum Gasteiger partial charge on any atom is 0.337 e. The van der Waals surface area contributed by atoms with Crippen molar-refractivity contribution in [1.29, 1.82) is 0 Å². The minimum absolute atomic E-state index is 0.0275. The van der Waals surface area contributed by atoms with E-state index in [1.54, 1.807) is 19.4 Å². The fourth-order valence-electron chi connectivity index (χ4n) is 11.8. The number of hydrogen-bond donors (Lipinski definition) is 5. The number of aromatic nitrogens is 2. The molecule has 0 spiro atoms. The lowest BCUT2D eigenvalue weighted by molar-refractivity contribution is -0.163. The monoisotopic (exact) mass is 752 g/mol. The number of rotatable bonds is 6. The van der Waals surface area contributed by atoms with Crippen LogP contribution in [0.2, 0.25) is 0 Å². The number of hydrogen-bond acceptors (Lipinski definition) is 10. The summed E-state index contributed by atoms with van der Waals surface area (Å²) in [7, 11) is 4.37. The summed E-state index contributed by atoms with van der Waals surface area (Å²) in [6.07, 6.45) is 5.83. The first kappa shape index (κ1) is 36.1. The Morgan fingerprint density at radius 2 is 1.64 bits per heavy atom. The number of aromatic amines is 2. The minimum Gasteiger partial charge on any atom is -0.507 e. The van der Waals surface area contributed by atoms with Crippen LogP contribution in [0.4, 0.5) is 0 Å². The first-order valence-corrected chi connectivity index (χ1v) is 19.9. The van der Waals surface area contributed by atoms with Gasteiger partial charge in [-0.3, -0.25) is 14.6 Å². The Hall–Kier alpha value is -4.52. The van der Waals surface area contributed by atoms with E-state index in [-0.39, 0.29) is 65.2 Å². The van der Waals surface area contributed by atoms with Gasteiger partial charge in [-0.25, -0.2) is 4.79 Å². The Morgan fingerprint density at radius 1 is 0.891 bits per heavy atom. The van der Waals surface area contributed by atoms with Gasteiger partial charge in [-0.05, 0) is 103 Å². The molecule has 12 nitrogen and oxygen atoms in total. The standard InChI is InChI=1S/C43H52N4O8/c1-5-21-19-46-13-11-24-37-30(45-39(24)31(46)17-26(21)28(20-53-2)42(51)54-3)15-22(16-35(37)50)41-23-9-10-34(49)38(43(52)55-4)27(23)18-32-40-25(12-14-47(32)41)36-29(44-40)7-6-8-33(36)48/h6-8,15-16,20-21,23,26-27,31-32,34,38,41,44-45,48-50H,5,9-14,17-19H2,1-4H3/b28-20+/t21-,23+,26-,27-,31-,32+,34-,38+,41-/m0/s1. The number of aliphatic hydroxyl groups excluding tert-OH is 1. The topological polar surface area (TPSA) is 161 Å². The molecule has 5 N–H and O–H groups in total. The summed E-state index contributed by atoms with van der Waals surface area (Å²) in [6, 6.07) is 9.48.